The fourth-order valence-corrected chi connectivity index (χ4v) is 2.06. The van der Waals surface area contributed by atoms with Crippen LogP contribution in [0, 0.1) is 16.7 Å². The highest BCUT2D eigenvalue weighted by Crippen LogP contribution is 2.36. The van der Waals surface area contributed by atoms with E-state index in [4.69, 9.17) is 14.0 Å². The lowest BCUT2D eigenvalue weighted by Crippen LogP contribution is -2.41. The van der Waals surface area contributed by atoms with Crippen molar-refractivity contribution in [1.82, 2.24) is 4.98 Å². The van der Waals surface area contributed by atoms with Crippen LogP contribution in [0.4, 0.5) is 0 Å². The van der Waals surface area contributed by atoms with Crippen LogP contribution in [0.15, 0.2) is 12.3 Å². The van der Waals surface area contributed by atoms with E-state index < -0.39 is 18.3 Å². The molecule has 0 unspecified atom stereocenters. The SMILES string of the molecule is CC(C)(C)COc1ncc(B2OC(C)(C)C(C)(C)O2)cc1C#N. The largest absolute Gasteiger partial charge is 0.496 e. The quantitative estimate of drug-likeness (QED) is 0.802. The number of hydrogen-bond donors (Lipinski definition) is 0. The molecule has 1 saturated heterocycles. The van der Waals surface area contributed by atoms with Gasteiger partial charge in [-0.25, -0.2) is 4.98 Å². The maximum absolute atomic E-state index is 9.37. The second-order valence-corrected chi connectivity index (χ2v) is 8.17. The van der Waals surface area contributed by atoms with E-state index in [0.717, 1.165) is 5.46 Å². The molecule has 0 radical (unpaired) electrons. The zero-order valence-electron chi connectivity index (χ0n) is 15.1. The van der Waals surface area contributed by atoms with Crippen molar-refractivity contribution < 1.29 is 14.0 Å². The molecule has 1 aliphatic rings. The van der Waals surface area contributed by atoms with Crippen LogP contribution in [0.5, 0.6) is 5.88 Å². The normalized spacial score (nSPS) is 19.5. The van der Waals surface area contributed by atoms with E-state index >= 15 is 0 Å². The minimum atomic E-state index is -0.531. The molecule has 2 rings (SSSR count). The van der Waals surface area contributed by atoms with Gasteiger partial charge in [-0.1, -0.05) is 20.8 Å². The second-order valence-electron chi connectivity index (χ2n) is 8.17. The molecule has 5 nitrogen and oxygen atoms in total. The molecule has 1 aromatic heterocycles. The second kappa shape index (κ2) is 5.81. The van der Waals surface area contributed by atoms with E-state index in [1.807, 2.05) is 27.7 Å². The molecule has 0 spiro atoms. The summed E-state index contributed by atoms with van der Waals surface area (Å²) in [7, 11) is -0.531. The smallest absolute Gasteiger partial charge is 0.476 e. The Labute approximate surface area is 139 Å². The first kappa shape index (κ1) is 17.8. The van der Waals surface area contributed by atoms with Gasteiger partial charge in [0.25, 0.3) is 0 Å². The van der Waals surface area contributed by atoms with Gasteiger partial charge in [-0.2, -0.15) is 5.26 Å². The molecule has 6 heteroatoms. The van der Waals surface area contributed by atoms with Crippen molar-refractivity contribution in [2.45, 2.75) is 59.7 Å². The van der Waals surface area contributed by atoms with Crippen molar-refractivity contribution in [2.24, 2.45) is 5.41 Å². The van der Waals surface area contributed by atoms with E-state index in [0.29, 0.717) is 18.1 Å². The van der Waals surface area contributed by atoms with E-state index in [1.165, 1.54) is 0 Å². The average Bonchev–Trinajstić information content (AvgIpc) is 2.64. The molecule has 0 atom stereocenters. The third-order valence-corrected chi connectivity index (χ3v) is 4.16. The predicted molar refractivity (Wildman–Crippen MR) is 89.6 cm³/mol. The minimum absolute atomic E-state index is 0.00119. The molecule has 0 aromatic carbocycles. The van der Waals surface area contributed by atoms with E-state index in [-0.39, 0.29) is 5.41 Å². The number of ether oxygens (including phenoxy) is 1. The lowest BCUT2D eigenvalue weighted by molar-refractivity contribution is 0.00578. The van der Waals surface area contributed by atoms with Crippen molar-refractivity contribution in [1.29, 1.82) is 5.26 Å². The van der Waals surface area contributed by atoms with E-state index in [9.17, 15) is 5.26 Å². The molecule has 2 heterocycles. The van der Waals surface area contributed by atoms with Crippen molar-refractivity contribution in [3.05, 3.63) is 17.8 Å². The highest BCUT2D eigenvalue weighted by atomic mass is 16.7. The Morgan fingerprint density at radius 1 is 1.22 bits per heavy atom. The summed E-state index contributed by atoms with van der Waals surface area (Å²) in [6, 6.07) is 3.87. The van der Waals surface area contributed by atoms with Gasteiger partial charge in [-0.15, -0.1) is 0 Å². The Morgan fingerprint density at radius 3 is 2.26 bits per heavy atom. The van der Waals surface area contributed by atoms with Crippen LogP contribution in [-0.2, 0) is 9.31 Å². The van der Waals surface area contributed by atoms with Gasteiger partial charge in [0, 0.05) is 11.7 Å². The number of rotatable bonds is 3. The Hall–Kier alpha value is -1.58. The topological polar surface area (TPSA) is 64.4 Å². The van der Waals surface area contributed by atoms with Gasteiger partial charge in [-0.05, 0) is 39.2 Å². The van der Waals surface area contributed by atoms with Crippen molar-refractivity contribution >= 4 is 12.6 Å². The van der Waals surface area contributed by atoms with Gasteiger partial charge < -0.3 is 14.0 Å². The summed E-state index contributed by atoms with van der Waals surface area (Å²) in [5.74, 6) is 0.350. The Morgan fingerprint density at radius 2 is 1.78 bits per heavy atom. The van der Waals surface area contributed by atoms with Gasteiger partial charge in [0.2, 0.25) is 5.88 Å². The Balaban J connectivity index is 2.22. The molecule has 23 heavy (non-hydrogen) atoms. The zero-order chi connectivity index (χ0) is 17.5. The average molecular weight is 316 g/mol. The number of pyridine rings is 1. The van der Waals surface area contributed by atoms with E-state index in [1.54, 1.807) is 12.3 Å². The fraction of sp³-hybridized carbons (Fsp3) is 0.647. The molecular formula is C17H25BN2O3. The van der Waals surface area contributed by atoms with Crippen LogP contribution < -0.4 is 10.2 Å². The number of nitrogens with zero attached hydrogens (tertiary/aromatic N) is 2. The first-order valence-corrected chi connectivity index (χ1v) is 7.84. The van der Waals surface area contributed by atoms with Crippen LogP contribution in [-0.4, -0.2) is 29.9 Å². The fourth-order valence-electron chi connectivity index (χ4n) is 2.06. The first-order chi connectivity index (χ1) is 10.5. The third kappa shape index (κ3) is 3.85. The van der Waals surface area contributed by atoms with Crippen LogP contribution in [0.25, 0.3) is 0 Å². The summed E-state index contributed by atoms with van der Waals surface area (Å²) in [4.78, 5) is 4.29. The van der Waals surface area contributed by atoms with Crippen LogP contribution >= 0.6 is 0 Å². The Kier molecular flexibility index (Phi) is 4.49. The van der Waals surface area contributed by atoms with Crippen LogP contribution in [0.2, 0.25) is 0 Å². The van der Waals surface area contributed by atoms with Gasteiger partial charge in [0.05, 0.1) is 17.8 Å². The monoisotopic (exact) mass is 316 g/mol. The number of nitriles is 1. The van der Waals surface area contributed by atoms with Crippen molar-refractivity contribution in [2.75, 3.05) is 6.61 Å². The molecule has 0 amide bonds. The number of aromatic nitrogens is 1. The standard InChI is InChI=1S/C17H25BN2O3/c1-15(2,3)11-21-14-12(9-19)8-13(10-20-14)18-22-16(4,5)17(6,7)23-18/h8,10H,11H2,1-7H3. The third-order valence-electron chi connectivity index (χ3n) is 4.16. The summed E-state index contributed by atoms with van der Waals surface area (Å²) in [5, 5.41) is 9.37. The predicted octanol–water partition coefficient (Wildman–Crippen LogP) is 2.68. The highest BCUT2D eigenvalue weighted by molar-refractivity contribution is 6.62. The van der Waals surface area contributed by atoms with E-state index in [2.05, 4.69) is 31.8 Å². The zero-order valence-corrected chi connectivity index (χ0v) is 15.1. The maximum atomic E-state index is 9.37. The number of hydrogen-bond acceptors (Lipinski definition) is 5. The molecule has 1 aliphatic heterocycles. The summed E-state index contributed by atoms with van der Waals surface area (Å²) < 4.78 is 17.7. The summed E-state index contributed by atoms with van der Waals surface area (Å²) in [5.41, 5.74) is 0.265. The molecule has 1 fully saturated rings. The van der Waals surface area contributed by atoms with Crippen LogP contribution in [0.1, 0.15) is 54.0 Å². The summed E-state index contributed by atoms with van der Waals surface area (Å²) >= 11 is 0. The summed E-state index contributed by atoms with van der Waals surface area (Å²) in [6.45, 7) is 14.7. The molecule has 0 N–H and O–H groups in total. The van der Waals surface area contributed by atoms with Crippen LogP contribution in [0.3, 0.4) is 0 Å². The lowest BCUT2D eigenvalue weighted by atomic mass is 9.80. The Bertz CT molecular complexity index is 614. The summed E-state index contributed by atoms with van der Waals surface area (Å²) in [6.07, 6.45) is 1.65. The van der Waals surface area contributed by atoms with Crippen molar-refractivity contribution in [3.63, 3.8) is 0 Å². The molecule has 1 aromatic rings. The molecule has 0 aliphatic carbocycles. The molecular weight excluding hydrogens is 291 g/mol. The molecule has 0 bridgehead atoms. The van der Waals surface area contributed by atoms with Gasteiger partial charge >= 0.3 is 7.12 Å². The van der Waals surface area contributed by atoms with Gasteiger partial charge in [-0.3, -0.25) is 0 Å². The maximum Gasteiger partial charge on any atom is 0.496 e. The van der Waals surface area contributed by atoms with Gasteiger partial charge in [0.15, 0.2) is 0 Å². The highest BCUT2D eigenvalue weighted by Gasteiger charge is 2.51. The van der Waals surface area contributed by atoms with Crippen molar-refractivity contribution in [3.8, 4) is 11.9 Å². The minimum Gasteiger partial charge on any atom is -0.476 e. The molecule has 0 saturated carbocycles. The molecule has 124 valence electrons. The first-order valence-electron chi connectivity index (χ1n) is 7.84. The lowest BCUT2D eigenvalue weighted by Gasteiger charge is -2.32. The van der Waals surface area contributed by atoms with Gasteiger partial charge in [0.1, 0.15) is 11.6 Å².